The first-order chi connectivity index (χ1) is 19.2. The molecule has 2 amide bonds. The van der Waals surface area contributed by atoms with E-state index in [1.54, 1.807) is 49.4 Å². The van der Waals surface area contributed by atoms with Gasteiger partial charge in [0.15, 0.2) is 0 Å². The minimum absolute atomic E-state index is 0.0368. The van der Waals surface area contributed by atoms with Crippen LogP contribution in [0.4, 0.5) is 26.3 Å². The van der Waals surface area contributed by atoms with E-state index in [0.717, 1.165) is 12.8 Å². The van der Waals surface area contributed by atoms with Gasteiger partial charge in [-0.3, -0.25) is 9.59 Å². The summed E-state index contributed by atoms with van der Waals surface area (Å²) in [7, 11) is 0. The van der Waals surface area contributed by atoms with Crippen LogP contribution < -0.4 is 5.32 Å². The largest absolute Gasteiger partial charge is 0.416 e. The van der Waals surface area contributed by atoms with Crippen LogP contribution in [0, 0.1) is 0 Å². The fourth-order valence-corrected chi connectivity index (χ4v) is 5.45. The van der Waals surface area contributed by atoms with Crippen molar-refractivity contribution in [3.05, 3.63) is 106 Å². The number of benzene rings is 3. The summed E-state index contributed by atoms with van der Waals surface area (Å²) in [6.45, 7) is 0.722. The number of amides is 2. The minimum Gasteiger partial charge on any atom is -0.392 e. The Bertz CT molecular complexity index is 1450. The third-order valence-electron chi connectivity index (χ3n) is 7.70. The quantitative estimate of drug-likeness (QED) is 0.346. The van der Waals surface area contributed by atoms with E-state index < -0.39 is 53.3 Å². The van der Waals surface area contributed by atoms with Gasteiger partial charge in [0, 0.05) is 18.2 Å². The lowest BCUT2D eigenvalue weighted by atomic mass is 9.67. The van der Waals surface area contributed by atoms with Crippen molar-refractivity contribution >= 4 is 11.8 Å². The molecule has 216 valence electrons. The fraction of sp³-hybridized carbons (Fsp3) is 0.333. The number of nitrogens with one attached hydrogen (secondary N) is 1. The number of halogens is 6. The number of carbonyl (C=O) groups is 2. The zero-order chi connectivity index (χ0) is 29.7. The lowest BCUT2D eigenvalue weighted by Crippen LogP contribution is -2.57. The molecule has 3 aromatic carbocycles. The zero-order valence-corrected chi connectivity index (χ0v) is 21.8. The Morgan fingerprint density at radius 3 is 2.05 bits per heavy atom. The Kier molecular flexibility index (Phi) is 7.13. The van der Waals surface area contributed by atoms with Gasteiger partial charge in [-0.05, 0) is 66.3 Å². The summed E-state index contributed by atoms with van der Waals surface area (Å²) < 4.78 is 81.8. The van der Waals surface area contributed by atoms with Crippen LogP contribution in [0.25, 0.3) is 0 Å². The van der Waals surface area contributed by atoms with Crippen molar-refractivity contribution in [1.82, 2.24) is 10.2 Å². The maximum absolute atomic E-state index is 13.9. The fourth-order valence-electron chi connectivity index (χ4n) is 5.45. The lowest BCUT2D eigenvalue weighted by molar-refractivity contribution is -0.143. The van der Waals surface area contributed by atoms with Gasteiger partial charge in [0.25, 0.3) is 5.91 Å². The molecule has 2 aliphatic rings. The Hall–Kier alpha value is -3.86. The third-order valence-corrected chi connectivity index (χ3v) is 7.70. The highest BCUT2D eigenvalue weighted by Crippen LogP contribution is 2.49. The molecule has 0 radical (unpaired) electrons. The molecule has 11 heteroatoms. The van der Waals surface area contributed by atoms with Gasteiger partial charge in [-0.25, -0.2) is 0 Å². The summed E-state index contributed by atoms with van der Waals surface area (Å²) >= 11 is 0. The molecule has 41 heavy (non-hydrogen) atoms. The van der Waals surface area contributed by atoms with E-state index in [1.165, 1.54) is 11.0 Å². The second-order valence-electron chi connectivity index (χ2n) is 10.6. The maximum Gasteiger partial charge on any atom is 0.416 e. The van der Waals surface area contributed by atoms with Gasteiger partial charge in [-0.1, -0.05) is 42.5 Å². The number of aliphatic hydroxyl groups is 1. The predicted molar refractivity (Wildman–Crippen MR) is 136 cm³/mol. The van der Waals surface area contributed by atoms with Gasteiger partial charge in [-0.2, -0.15) is 26.3 Å². The number of hydrogen-bond donors (Lipinski definition) is 2. The topological polar surface area (TPSA) is 69.6 Å². The number of hydrogen-bond acceptors (Lipinski definition) is 3. The van der Waals surface area contributed by atoms with E-state index in [9.17, 15) is 41.0 Å². The highest BCUT2D eigenvalue weighted by atomic mass is 19.4. The van der Waals surface area contributed by atoms with Crippen LogP contribution in [0.5, 0.6) is 0 Å². The summed E-state index contributed by atoms with van der Waals surface area (Å²) in [5, 5.41) is 12.5. The Balaban J connectivity index is 1.71. The van der Waals surface area contributed by atoms with E-state index in [4.69, 9.17) is 0 Å². The Morgan fingerprint density at radius 1 is 0.927 bits per heavy atom. The maximum atomic E-state index is 13.9. The van der Waals surface area contributed by atoms with Crippen LogP contribution in [0.15, 0.2) is 66.7 Å². The molecule has 0 aromatic heterocycles. The van der Waals surface area contributed by atoms with Gasteiger partial charge in [0.1, 0.15) is 0 Å². The van der Waals surface area contributed by atoms with E-state index in [-0.39, 0.29) is 29.8 Å². The van der Waals surface area contributed by atoms with Crippen molar-refractivity contribution in [3.8, 4) is 0 Å². The molecule has 1 aliphatic carbocycles. The SMILES string of the molecule is C[C@]1(C(=O)NC2CC2)c2ccccc2C(=O)N(Cc2cc(C(F)(F)F)cc(C(F)(F)F)c2)[C@H]1c1ccc(CO)cc1. The predicted octanol–water partition coefficient (Wildman–Crippen LogP) is 6.15. The van der Waals surface area contributed by atoms with Crippen LogP contribution in [0.3, 0.4) is 0 Å². The molecule has 0 bridgehead atoms. The first-order valence-electron chi connectivity index (χ1n) is 12.9. The standard InChI is InChI=1S/C30H26F6N2O3/c1-28(27(41)37-22-10-11-22)24-5-3-2-4-23(24)26(40)38(25(28)19-8-6-17(16-39)7-9-19)15-18-12-20(29(31,32)33)14-21(13-18)30(34,35)36/h2-9,12-14,22,25,39H,10-11,15-16H2,1H3,(H,37,41)/t25-,28-/m0/s1. The highest BCUT2D eigenvalue weighted by Gasteiger charge is 2.54. The van der Waals surface area contributed by atoms with Crippen molar-refractivity contribution < 1.29 is 41.0 Å². The molecule has 0 saturated heterocycles. The molecule has 2 atom stereocenters. The van der Waals surface area contributed by atoms with Crippen molar-refractivity contribution in [2.75, 3.05) is 0 Å². The average Bonchev–Trinajstić information content (AvgIpc) is 3.75. The normalized spacial score (nSPS) is 21.0. The van der Waals surface area contributed by atoms with E-state index in [0.29, 0.717) is 28.8 Å². The van der Waals surface area contributed by atoms with E-state index in [1.807, 2.05) is 0 Å². The number of rotatable bonds is 6. The zero-order valence-electron chi connectivity index (χ0n) is 21.8. The lowest BCUT2D eigenvalue weighted by Gasteiger charge is -2.48. The molecular weight excluding hydrogens is 550 g/mol. The van der Waals surface area contributed by atoms with Crippen molar-refractivity contribution in [3.63, 3.8) is 0 Å². The first-order valence-corrected chi connectivity index (χ1v) is 12.9. The van der Waals surface area contributed by atoms with E-state index in [2.05, 4.69) is 5.32 Å². The first kappa shape index (κ1) is 28.7. The summed E-state index contributed by atoms with van der Waals surface area (Å²) in [6.07, 6.45) is -8.59. The summed E-state index contributed by atoms with van der Waals surface area (Å²) in [4.78, 5) is 29.0. The molecule has 1 saturated carbocycles. The second kappa shape index (κ2) is 10.2. The number of nitrogens with zero attached hydrogens (tertiary/aromatic N) is 1. The monoisotopic (exact) mass is 576 g/mol. The van der Waals surface area contributed by atoms with E-state index >= 15 is 0 Å². The van der Waals surface area contributed by atoms with Crippen LogP contribution in [0.2, 0.25) is 0 Å². The molecule has 1 fully saturated rings. The molecule has 2 N–H and O–H groups in total. The Morgan fingerprint density at radius 2 is 1.51 bits per heavy atom. The van der Waals surface area contributed by atoms with Gasteiger partial charge in [0.2, 0.25) is 5.91 Å². The number of fused-ring (bicyclic) bond motifs is 1. The van der Waals surface area contributed by atoms with Crippen molar-refractivity contribution in [2.24, 2.45) is 0 Å². The number of aliphatic hydroxyl groups excluding tert-OH is 1. The minimum atomic E-state index is -5.06. The smallest absolute Gasteiger partial charge is 0.392 e. The second-order valence-corrected chi connectivity index (χ2v) is 10.6. The molecule has 3 aromatic rings. The van der Waals surface area contributed by atoms with Gasteiger partial charge >= 0.3 is 12.4 Å². The third kappa shape index (κ3) is 5.42. The summed E-state index contributed by atoms with van der Waals surface area (Å²) in [5.74, 6) is -1.05. The molecular formula is C30H26F6N2O3. The van der Waals surface area contributed by atoms with Gasteiger partial charge in [0.05, 0.1) is 29.2 Å². The molecule has 1 heterocycles. The van der Waals surface area contributed by atoms with Crippen LogP contribution in [-0.2, 0) is 35.7 Å². The number of alkyl halides is 6. The van der Waals surface area contributed by atoms with Gasteiger partial charge < -0.3 is 15.3 Å². The summed E-state index contributed by atoms with van der Waals surface area (Å²) in [5.41, 5.74) is -3.33. The molecule has 5 rings (SSSR count). The number of carbonyl (C=O) groups excluding carboxylic acids is 2. The van der Waals surface area contributed by atoms with Gasteiger partial charge in [-0.15, -0.1) is 0 Å². The average molecular weight is 577 g/mol. The summed E-state index contributed by atoms with van der Waals surface area (Å²) in [6, 6.07) is 12.8. The highest BCUT2D eigenvalue weighted by molar-refractivity contribution is 6.03. The molecule has 0 unspecified atom stereocenters. The van der Waals surface area contributed by atoms with Crippen LogP contribution >= 0.6 is 0 Å². The Labute approximate surface area is 231 Å². The van der Waals surface area contributed by atoms with Crippen LogP contribution in [-0.4, -0.2) is 27.9 Å². The molecule has 5 nitrogen and oxygen atoms in total. The van der Waals surface area contributed by atoms with Crippen molar-refractivity contribution in [2.45, 2.75) is 62.8 Å². The molecule has 1 aliphatic heterocycles. The van der Waals surface area contributed by atoms with Crippen LogP contribution in [0.1, 0.15) is 69.5 Å². The molecule has 0 spiro atoms. The van der Waals surface area contributed by atoms with Crippen molar-refractivity contribution in [1.29, 1.82) is 0 Å².